The molecule has 3 aromatic heterocycles. The number of hydrogen-bond acceptors (Lipinski definition) is 6. The van der Waals surface area contributed by atoms with E-state index in [0.717, 1.165) is 18.9 Å². The van der Waals surface area contributed by atoms with E-state index >= 15 is 0 Å². The highest BCUT2D eigenvalue weighted by atomic mass is 16.1. The van der Waals surface area contributed by atoms with E-state index in [4.69, 9.17) is 4.98 Å². The highest BCUT2D eigenvalue weighted by molar-refractivity contribution is 5.54. The molecule has 1 saturated heterocycles. The summed E-state index contributed by atoms with van der Waals surface area (Å²) in [5.41, 5.74) is 1.38. The summed E-state index contributed by atoms with van der Waals surface area (Å²) in [6, 6.07) is 5.13. The zero-order valence-electron chi connectivity index (χ0n) is 14.7. The summed E-state index contributed by atoms with van der Waals surface area (Å²) >= 11 is 0. The molecule has 4 heterocycles. The van der Waals surface area contributed by atoms with Gasteiger partial charge in [-0.25, -0.2) is 4.98 Å². The van der Waals surface area contributed by atoms with Gasteiger partial charge in [0.25, 0.3) is 5.56 Å². The third kappa shape index (κ3) is 3.49. The van der Waals surface area contributed by atoms with Gasteiger partial charge in [0.1, 0.15) is 17.2 Å². The minimum atomic E-state index is -0.0220. The molecule has 4 rings (SSSR count). The number of rotatable bonds is 5. The van der Waals surface area contributed by atoms with Gasteiger partial charge < -0.3 is 9.47 Å². The Bertz CT molecular complexity index is 948. The van der Waals surface area contributed by atoms with Crippen LogP contribution in [0.2, 0.25) is 0 Å². The normalized spacial score (nSPS) is 17.0. The first kappa shape index (κ1) is 16.4. The van der Waals surface area contributed by atoms with Crippen LogP contribution < -0.4 is 10.5 Å². The Hall–Kier alpha value is -3.03. The van der Waals surface area contributed by atoms with E-state index in [0.29, 0.717) is 30.4 Å². The van der Waals surface area contributed by atoms with Crippen LogP contribution in [-0.4, -0.2) is 42.6 Å². The van der Waals surface area contributed by atoms with Gasteiger partial charge in [0.2, 0.25) is 0 Å². The van der Waals surface area contributed by atoms with Crippen LogP contribution >= 0.6 is 0 Å². The van der Waals surface area contributed by atoms with E-state index in [9.17, 15) is 4.79 Å². The lowest BCUT2D eigenvalue weighted by Crippen LogP contribution is -2.20. The fourth-order valence-corrected chi connectivity index (χ4v) is 3.16. The van der Waals surface area contributed by atoms with E-state index in [1.54, 1.807) is 40.0 Å². The summed E-state index contributed by atoms with van der Waals surface area (Å²) in [7, 11) is 0. The summed E-state index contributed by atoms with van der Waals surface area (Å²) in [4.78, 5) is 23.0. The van der Waals surface area contributed by atoms with Crippen LogP contribution in [0.5, 0.6) is 0 Å². The third-order valence-corrected chi connectivity index (χ3v) is 4.64. The lowest BCUT2D eigenvalue weighted by atomic mass is 10.2. The largest absolute Gasteiger partial charge is 0.355 e. The molecule has 0 unspecified atom stereocenters. The zero-order valence-corrected chi connectivity index (χ0v) is 14.7. The van der Waals surface area contributed by atoms with E-state index in [-0.39, 0.29) is 5.56 Å². The van der Waals surface area contributed by atoms with E-state index in [1.165, 1.54) is 6.42 Å². The molecule has 0 N–H and O–H groups in total. The van der Waals surface area contributed by atoms with Gasteiger partial charge in [-0.05, 0) is 18.4 Å². The molecule has 0 aromatic carbocycles. The maximum absolute atomic E-state index is 11.7. The fourth-order valence-electron chi connectivity index (χ4n) is 3.16. The summed E-state index contributed by atoms with van der Waals surface area (Å²) in [6.07, 6.45) is 8.30. The van der Waals surface area contributed by atoms with Gasteiger partial charge in [-0.2, -0.15) is 0 Å². The maximum Gasteiger partial charge on any atom is 0.250 e. The van der Waals surface area contributed by atoms with Gasteiger partial charge in [-0.3, -0.25) is 14.5 Å². The van der Waals surface area contributed by atoms with Crippen molar-refractivity contribution in [3.05, 3.63) is 53.3 Å². The summed E-state index contributed by atoms with van der Waals surface area (Å²) in [6.45, 7) is 5.38. The molecule has 0 aliphatic carbocycles. The van der Waals surface area contributed by atoms with Crippen molar-refractivity contribution in [2.75, 3.05) is 18.0 Å². The second kappa shape index (κ2) is 7.07. The van der Waals surface area contributed by atoms with Gasteiger partial charge >= 0.3 is 0 Å². The van der Waals surface area contributed by atoms with E-state index in [2.05, 4.69) is 27.1 Å². The van der Waals surface area contributed by atoms with Crippen molar-refractivity contribution in [1.29, 1.82) is 0 Å². The summed E-state index contributed by atoms with van der Waals surface area (Å²) in [5.74, 6) is 1.57. The number of pyridine rings is 1. The van der Waals surface area contributed by atoms with Crippen LogP contribution in [-0.2, 0) is 13.1 Å². The number of hydrogen-bond donors (Lipinski definition) is 0. The molecule has 134 valence electrons. The number of anilines is 1. The van der Waals surface area contributed by atoms with Gasteiger partial charge in [0, 0.05) is 31.9 Å². The Kier molecular flexibility index (Phi) is 4.47. The van der Waals surface area contributed by atoms with Crippen molar-refractivity contribution in [2.45, 2.75) is 26.4 Å². The van der Waals surface area contributed by atoms with Crippen LogP contribution in [0.25, 0.3) is 11.4 Å². The Labute approximate surface area is 151 Å². The molecule has 0 bridgehead atoms. The highest BCUT2D eigenvalue weighted by Gasteiger charge is 2.20. The molecule has 1 atom stereocenters. The average Bonchev–Trinajstić information content (AvgIpc) is 3.30. The average molecular weight is 351 g/mol. The first-order chi connectivity index (χ1) is 12.7. The van der Waals surface area contributed by atoms with Gasteiger partial charge in [0.15, 0.2) is 0 Å². The molecule has 0 radical (unpaired) electrons. The van der Waals surface area contributed by atoms with E-state index in [1.807, 2.05) is 12.3 Å². The predicted octanol–water partition coefficient (Wildman–Crippen LogP) is 1.44. The Morgan fingerprint density at radius 2 is 2.12 bits per heavy atom. The molecule has 0 spiro atoms. The van der Waals surface area contributed by atoms with Crippen molar-refractivity contribution < 1.29 is 0 Å². The molecule has 0 saturated carbocycles. The molecule has 1 aliphatic heterocycles. The Morgan fingerprint density at radius 3 is 2.92 bits per heavy atom. The number of aryl methyl sites for hydroxylation is 2. The monoisotopic (exact) mass is 351 g/mol. The topological polar surface area (TPSA) is 81.7 Å². The molecular weight excluding hydrogens is 330 g/mol. The number of aromatic nitrogens is 6. The molecule has 0 amide bonds. The van der Waals surface area contributed by atoms with Crippen LogP contribution in [0.15, 0.2) is 47.8 Å². The first-order valence-corrected chi connectivity index (χ1v) is 8.82. The zero-order chi connectivity index (χ0) is 17.9. The third-order valence-electron chi connectivity index (χ3n) is 4.64. The van der Waals surface area contributed by atoms with Crippen LogP contribution in [0, 0.1) is 5.92 Å². The molecule has 26 heavy (non-hydrogen) atoms. The fraction of sp³-hybridized carbons (Fsp3) is 0.389. The van der Waals surface area contributed by atoms with Crippen molar-refractivity contribution in [3.8, 4) is 11.4 Å². The lowest BCUT2D eigenvalue weighted by molar-refractivity contribution is 0.511. The van der Waals surface area contributed by atoms with Crippen molar-refractivity contribution in [1.82, 2.24) is 29.5 Å². The lowest BCUT2D eigenvalue weighted by Gasteiger charge is -2.16. The van der Waals surface area contributed by atoms with Crippen LogP contribution in [0.1, 0.15) is 13.3 Å². The summed E-state index contributed by atoms with van der Waals surface area (Å²) < 4.78 is 3.37. The number of nitrogens with zero attached hydrogens (tertiary/aromatic N) is 7. The van der Waals surface area contributed by atoms with Crippen molar-refractivity contribution >= 4 is 5.82 Å². The molecular formula is C18H21N7O. The molecule has 1 fully saturated rings. The SMILES string of the molecule is C[C@@H]1CCN(c2cncc(-c3cn(CCn4ccccc4=O)nn3)n2)C1. The highest BCUT2D eigenvalue weighted by Crippen LogP contribution is 2.23. The van der Waals surface area contributed by atoms with Crippen LogP contribution in [0.3, 0.4) is 0 Å². The Morgan fingerprint density at radius 1 is 1.19 bits per heavy atom. The molecule has 1 aliphatic rings. The van der Waals surface area contributed by atoms with Gasteiger partial charge in [-0.15, -0.1) is 5.10 Å². The minimum Gasteiger partial charge on any atom is -0.355 e. The standard InChI is InChI=1S/C18H21N7O/c1-14-5-7-24(12-14)17-11-19-10-15(20-17)16-13-25(22-21-16)9-8-23-6-3-2-4-18(23)26/h2-4,6,10-11,13-14H,5,7-9,12H2,1H3/t14-/m1/s1. The predicted molar refractivity (Wildman–Crippen MR) is 97.7 cm³/mol. The Balaban J connectivity index is 1.48. The van der Waals surface area contributed by atoms with Gasteiger partial charge in [-0.1, -0.05) is 18.2 Å². The van der Waals surface area contributed by atoms with E-state index < -0.39 is 0 Å². The molecule has 8 nitrogen and oxygen atoms in total. The second-order valence-electron chi connectivity index (χ2n) is 6.70. The smallest absolute Gasteiger partial charge is 0.250 e. The van der Waals surface area contributed by atoms with Crippen molar-refractivity contribution in [3.63, 3.8) is 0 Å². The van der Waals surface area contributed by atoms with Crippen molar-refractivity contribution in [2.24, 2.45) is 5.92 Å². The van der Waals surface area contributed by atoms with Gasteiger partial charge in [0.05, 0.1) is 25.1 Å². The quantitative estimate of drug-likeness (QED) is 0.692. The first-order valence-electron chi connectivity index (χ1n) is 8.82. The molecule has 8 heteroatoms. The summed E-state index contributed by atoms with van der Waals surface area (Å²) in [5, 5.41) is 8.35. The maximum atomic E-state index is 11.7. The molecule has 3 aromatic rings. The van der Waals surface area contributed by atoms with Crippen LogP contribution in [0.4, 0.5) is 5.82 Å². The minimum absolute atomic E-state index is 0.0220. The second-order valence-corrected chi connectivity index (χ2v) is 6.70.